The van der Waals surface area contributed by atoms with Crippen LogP contribution in [-0.4, -0.2) is 50.6 Å². The van der Waals surface area contributed by atoms with E-state index in [1.165, 1.54) is 38.9 Å². The Morgan fingerprint density at radius 1 is 1.14 bits per heavy atom. The van der Waals surface area contributed by atoms with Gasteiger partial charge in [-0.2, -0.15) is 0 Å². The van der Waals surface area contributed by atoms with E-state index in [2.05, 4.69) is 48.2 Å². The molecule has 0 bridgehead atoms. The Kier molecular flexibility index (Phi) is 8.74. The molecule has 2 atom stereocenters. The zero-order chi connectivity index (χ0) is 15.7. The molecule has 1 rings (SSSR count). The Labute approximate surface area is 131 Å². The van der Waals surface area contributed by atoms with E-state index in [1.807, 2.05) is 7.05 Å². The van der Waals surface area contributed by atoms with Gasteiger partial charge in [-0.3, -0.25) is 4.99 Å². The minimum absolute atomic E-state index is 0.645. The molecule has 0 spiro atoms. The quantitative estimate of drug-likeness (QED) is 0.431. The van der Waals surface area contributed by atoms with Crippen LogP contribution in [0.1, 0.15) is 47.0 Å². The molecule has 4 nitrogen and oxygen atoms in total. The van der Waals surface area contributed by atoms with Gasteiger partial charge in [0.2, 0.25) is 0 Å². The Balaban J connectivity index is 2.08. The van der Waals surface area contributed by atoms with Crippen LogP contribution in [0, 0.1) is 17.8 Å². The van der Waals surface area contributed by atoms with E-state index < -0.39 is 0 Å². The van der Waals surface area contributed by atoms with E-state index in [4.69, 9.17) is 0 Å². The molecule has 0 aromatic carbocycles. The molecule has 0 aromatic rings. The standard InChI is InChI=1S/C17H36N4/c1-14(2)11-20-17(18-5)19-8-6-7-9-21-12-15(3)10-16(4)13-21/h14-16H,6-13H2,1-5H3,(H2,18,19,20). The van der Waals surface area contributed by atoms with Crippen molar-refractivity contribution in [2.24, 2.45) is 22.7 Å². The molecule has 0 aliphatic carbocycles. The topological polar surface area (TPSA) is 39.7 Å². The molecule has 21 heavy (non-hydrogen) atoms. The minimum atomic E-state index is 0.645. The summed E-state index contributed by atoms with van der Waals surface area (Å²) in [7, 11) is 1.84. The average molecular weight is 297 g/mol. The van der Waals surface area contributed by atoms with Gasteiger partial charge < -0.3 is 15.5 Å². The first-order chi connectivity index (χ1) is 10.0. The molecule has 0 radical (unpaired) electrons. The first-order valence-corrected chi connectivity index (χ1v) is 8.68. The zero-order valence-electron chi connectivity index (χ0n) is 14.8. The highest BCUT2D eigenvalue weighted by Gasteiger charge is 2.20. The number of unbranched alkanes of at least 4 members (excludes halogenated alkanes) is 1. The molecule has 2 N–H and O–H groups in total. The summed E-state index contributed by atoms with van der Waals surface area (Å²) in [6.45, 7) is 15.0. The Morgan fingerprint density at radius 2 is 1.81 bits per heavy atom. The third kappa shape index (κ3) is 8.30. The second-order valence-corrected chi connectivity index (χ2v) is 7.19. The van der Waals surface area contributed by atoms with E-state index in [1.54, 1.807) is 0 Å². The fourth-order valence-corrected chi connectivity index (χ4v) is 3.16. The number of nitrogens with zero attached hydrogens (tertiary/aromatic N) is 2. The first kappa shape index (κ1) is 18.3. The zero-order valence-corrected chi connectivity index (χ0v) is 14.8. The van der Waals surface area contributed by atoms with Gasteiger partial charge in [-0.15, -0.1) is 0 Å². The van der Waals surface area contributed by atoms with E-state index >= 15 is 0 Å². The van der Waals surface area contributed by atoms with Gasteiger partial charge in [-0.1, -0.05) is 27.7 Å². The SMILES string of the molecule is CN=C(NCCCCN1CC(C)CC(C)C1)NCC(C)C. The predicted molar refractivity (Wildman–Crippen MR) is 92.8 cm³/mol. The maximum atomic E-state index is 4.25. The predicted octanol–water partition coefficient (Wildman–Crippen LogP) is 2.57. The van der Waals surface area contributed by atoms with E-state index in [-0.39, 0.29) is 0 Å². The Hall–Kier alpha value is -0.770. The second-order valence-electron chi connectivity index (χ2n) is 7.19. The number of hydrogen-bond donors (Lipinski definition) is 2. The van der Waals surface area contributed by atoms with Crippen molar-refractivity contribution in [1.29, 1.82) is 0 Å². The van der Waals surface area contributed by atoms with Crippen LogP contribution in [0.4, 0.5) is 0 Å². The summed E-state index contributed by atoms with van der Waals surface area (Å²) in [5.41, 5.74) is 0. The van der Waals surface area contributed by atoms with Crippen LogP contribution >= 0.6 is 0 Å². The third-order valence-electron chi connectivity index (χ3n) is 4.04. The summed E-state index contributed by atoms with van der Waals surface area (Å²) in [6.07, 6.45) is 3.88. The number of guanidine groups is 1. The molecular formula is C17H36N4. The van der Waals surface area contributed by atoms with Crippen LogP contribution in [0.3, 0.4) is 0 Å². The highest BCUT2D eigenvalue weighted by molar-refractivity contribution is 5.79. The normalized spacial score (nSPS) is 24.4. The van der Waals surface area contributed by atoms with Gasteiger partial charge in [0.15, 0.2) is 5.96 Å². The molecule has 1 aliphatic heterocycles. The van der Waals surface area contributed by atoms with Crippen molar-refractivity contribution in [3.05, 3.63) is 0 Å². The maximum absolute atomic E-state index is 4.25. The smallest absolute Gasteiger partial charge is 0.190 e. The molecule has 4 heteroatoms. The summed E-state index contributed by atoms with van der Waals surface area (Å²) < 4.78 is 0. The van der Waals surface area contributed by atoms with Gasteiger partial charge >= 0.3 is 0 Å². The van der Waals surface area contributed by atoms with Crippen LogP contribution in [-0.2, 0) is 0 Å². The van der Waals surface area contributed by atoms with Crippen LogP contribution in [0.25, 0.3) is 0 Å². The first-order valence-electron chi connectivity index (χ1n) is 8.68. The van der Waals surface area contributed by atoms with Gasteiger partial charge in [-0.25, -0.2) is 0 Å². The van der Waals surface area contributed by atoms with E-state index in [0.29, 0.717) is 5.92 Å². The van der Waals surface area contributed by atoms with Gasteiger partial charge in [0, 0.05) is 33.2 Å². The molecule has 1 aliphatic rings. The molecule has 1 heterocycles. The number of rotatable bonds is 7. The molecule has 124 valence electrons. The minimum Gasteiger partial charge on any atom is -0.356 e. The highest BCUT2D eigenvalue weighted by Crippen LogP contribution is 2.20. The second kappa shape index (κ2) is 10.0. The molecule has 0 amide bonds. The molecule has 1 saturated heterocycles. The average Bonchev–Trinajstić information content (AvgIpc) is 2.40. The summed E-state index contributed by atoms with van der Waals surface area (Å²) in [6, 6.07) is 0. The van der Waals surface area contributed by atoms with Crippen LogP contribution in [0.2, 0.25) is 0 Å². The van der Waals surface area contributed by atoms with Crippen molar-refractivity contribution >= 4 is 5.96 Å². The van der Waals surface area contributed by atoms with Gasteiger partial charge in [0.05, 0.1) is 0 Å². The van der Waals surface area contributed by atoms with Gasteiger partial charge in [0.25, 0.3) is 0 Å². The maximum Gasteiger partial charge on any atom is 0.190 e. The number of likely N-dealkylation sites (tertiary alicyclic amines) is 1. The van der Waals surface area contributed by atoms with Crippen molar-refractivity contribution in [3.8, 4) is 0 Å². The van der Waals surface area contributed by atoms with Crippen molar-refractivity contribution in [1.82, 2.24) is 15.5 Å². The molecular weight excluding hydrogens is 260 g/mol. The van der Waals surface area contributed by atoms with Crippen LogP contribution in [0.5, 0.6) is 0 Å². The highest BCUT2D eigenvalue weighted by atomic mass is 15.2. The monoisotopic (exact) mass is 296 g/mol. The lowest BCUT2D eigenvalue weighted by atomic mass is 9.92. The van der Waals surface area contributed by atoms with Crippen LogP contribution in [0.15, 0.2) is 4.99 Å². The lowest BCUT2D eigenvalue weighted by Gasteiger charge is -2.34. The van der Waals surface area contributed by atoms with Crippen molar-refractivity contribution in [2.45, 2.75) is 47.0 Å². The molecule has 0 aromatic heterocycles. The Bertz CT molecular complexity index is 291. The summed E-state index contributed by atoms with van der Waals surface area (Å²) in [4.78, 5) is 6.89. The largest absolute Gasteiger partial charge is 0.356 e. The number of nitrogens with one attached hydrogen (secondary N) is 2. The fourth-order valence-electron chi connectivity index (χ4n) is 3.16. The summed E-state index contributed by atoms with van der Waals surface area (Å²) in [5, 5.41) is 6.75. The van der Waals surface area contributed by atoms with E-state index in [9.17, 15) is 0 Å². The fraction of sp³-hybridized carbons (Fsp3) is 0.941. The van der Waals surface area contributed by atoms with Crippen molar-refractivity contribution in [2.75, 3.05) is 39.8 Å². The third-order valence-corrected chi connectivity index (χ3v) is 4.04. The molecule has 2 unspecified atom stereocenters. The molecule has 1 fully saturated rings. The summed E-state index contributed by atoms with van der Waals surface area (Å²) in [5.74, 6) is 3.31. The molecule has 0 saturated carbocycles. The Morgan fingerprint density at radius 3 is 2.38 bits per heavy atom. The van der Waals surface area contributed by atoms with Crippen LogP contribution < -0.4 is 10.6 Å². The number of aliphatic imine (C=N–C) groups is 1. The van der Waals surface area contributed by atoms with Crippen molar-refractivity contribution in [3.63, 3.8) is 0 Å². The number of hydrogen-bond acceptors (Lipinski definition) is 2. The lowest BCUT2D eigenvalue weighted by Crippen LogP contribution is -2.40. The van der Waals surface area contributed by atoms with Gasteiger partial charge in [0.1, 0.15) is 0 Å². The summed E-state index contributed by atoms with van der Waals surface area (Å²) >= 11 is 0. The number of piperidine rings is 1. The lowest BCUT2D eigenvalue weighted by molar-refractivity contribution is 0.139. The van der Waals surface area contributed by atoms with Crippen molar-refractivity contribution < 1.29 is 0 Å². The van der Waals surface area contributed by atoms with Gasteiger partial charge in [-0.05, 0) is 43.6 Å². The van der Waals surface area contributed by atoms with E-state index in [0.717, 1.165) is 30.9 Å².